The molecule has 5 heteroatoms. The Bertz CT molecular complexity index is 687. The van der Waals surface area contributed by atoms with E-state index < -0.39 is 0 Å². The number of anilines is 2. The lowest BCUT2D eigenvalue weighted by Crippen LogP contribution is -2.46. The number of methoxy groups -OCH3 is 1. The lowest BCUT2D eigenvalue weighted by Gasteiger charge is -2.27. The number of rotatable bonds is 5. The SMILES string of the molecule is COc1cccc(CNc2cccc(N3CCCNC3=O)c2)c1. The summed E-state index contributed by atoms with van der Waals surface area (Å²) in [7, 11) is 1.67. The molecule has 0 aliphatic carbocycles. The molecule has 1 heterocycles. The van der Waals surface area contributed by atoms with Crippen LogP contribution in [0.4, 0.5) is 16.2 Å². The number of carbonyl (C=O) groups excluding carboxylic acids is 1. The Morgan fingerprint density at radius 3 is 2.91 bits per heavy atom. The summed E-state index contributed by atoms with van der Waals surface area (Å²) >= 11 is 0. The van der Waals surface area contributed by atoms with Gasteiger partial charge in [-0.05, 0) is 42.3 Å². The summed E-state index contributed by atoms with van der Waals surface area (Å²) in [6.45, 7) is 2.21. The molecule has 5 nitrogen and oxygen atoms in total. The van der Waals surface area contributed by atoms with Gasteiger partial charge in [0.2, 0.25) is 0 Å². The summed E-state index contributed by atoms with van der Waals surface area (Å²) in [5.74, 6) is 0.850. The van der Waals surface area contributed by atoms with E-state index in [1.165, 1.54) is 0 Å². The maximum atomic E-state index is 11.9. The van der Waals surface area contributed by atoms with E-state index in [4.69, 9.17) is 4.74 Å². The van der Waals surface area contributed by atoms with Gasteiger partial charge in [-0.25, -0.2) is 4.79 Å². The molecule has 1 aliphatic rings. The largest absolute Gasteiger partial charge is 0.497 e. The predicted molar refractivity (Wildman–Crippen MR) is 92.1 cm³/mol. The lowest BCUT2D eigenvalue weighted by molar-refractivity contribution is 0.243. The Morgan fingerprint density at radius 2 is 2.09 bits per heavy atom. The molecule has 1 aliphatic heterocycles. The Labute approximate surface area is 136 Å². The van der Waals surface area contributed by atoms with Crippen LogP contribution in [0.25, 0.3) is 0 Å². The van der Waals surface area contributed by atoms with Crippen molar-refractivity contribution in [1.29, 1.82) is 0 Å². The smallest absolute Gasteiger partial charge is 0.321 e. The van der Waals surface area contributed by atoms with Crippen molar-refractivity contribution in [2.24, 2.45) is 0 Å². The molecule has 2 N–H and O–H groups in total. The topological polar surface area (TPSA) is 53.6 Å². The molecule has 2 aromatic rings. The standard InChI is InChI=1S/C18H21N3O2/c1-23-17-8-2-5-14(11-17)13-20-15-6-3-7-16(12-15)21-10-4-9-19-18(21)22/h2-3,5-8,11-12,20H,4,9-10,13H2,1H3,(H,19,22). The first kappa shape index (κ1) is 15.2. The molecule has 0 saturated carbocycles. The number of nitrogens with one attached hydrogen (secondary N) is 2. The van der Waals surface area contributed by atoms with E-state index in [9.17, 15) is 4.79 Å². The fourth-order valence-electron chi connectivity index (χ4n) is 2.65. The molecule has 0 aromatic heterocycles. The quantitative estimate of drug-likeness (QED) is 0.891. The zero-order valence-electron chi connectivity index (χ0n) is 13.2. The average Bonchev–Trinajstić information content (AvgIpc) is 2.61. The Hall–Kier alpha value is -2.69. The van der Waals surface area contributed by atoms with Gasteiger partial charge < -0.3 is 15.4 Å². The third kappa shape index (κ3) is 3.74. The summed E-state index contributed by atoms with van der Waals surface area (Å²) in [4.78, 5) is 13.7. The van der Waals surface area contributed by atoms with Crippen molar-refractivity contribution in [3.05, 3.63) is 54.1 Å². The van der Waals surface area contributed by atoms with Crippen LogP contribution in [0.3, 0.4) is 0 Å². The van der Waals surface area contributed by atoms with E-state index in [1.54, 1.807) is 12.0 Å². The molecular formula is C18H21N3O2. The minimum absolute atomic E-state index is 0.0267. The molecule has 120 valence electrons. The number of ether oxygens (including phenoxy) is 1. The minimum Gasteiger partial charge on any atom is -0.497 e. The van der Waals surface area contributed by atoms with Gasteiger partial charge in [0.1, 0.15) is 5.75 Å². The molecule has 0 atom stereocenters. The van der Waals surface area contributed by atoms with Crippen LogP contribution >= 0.6 is 0 Å². The number of hydrogen-bond acceptors (Lipinski definition) is 3. The fourth-order valence-corrected chi connectivity index (χ4v) is 2.65. The van der Waals surface area contributed by atoms with Gasteiger partial charge in [-0.15, -0.1) is 0 Å². The number of amides is 2. The monoisotopic (exact) mass is 311 g/mol. The van der Waals surface area contributed by atoms with E-state index in [0.29, 0.717) is 6.54 Å². The third-order valence-electron chi connectivity index (χ3n) is 3.87. The second-order valence-corrected chi connectivity index (χ2v) is 5.49. The second-order valence-electron chi connectivity index (χ2n) is 5.49. The van der Waals surface area contributed by atoms with Gasteiger partial charge in [0.25, 0.3) is 0 Å². The summed E-state index contributed by atoms with van der Waals surface area (Å²) in [5.41, 5.74) is 3.05. The average molecular weight is 311 g/mol. The third-order valence-corrected chi connectivity index (χ3v) is 3.87. The van der Waals surface area contributed by atoms with Crippen molar-refractivity contribution < 1.29 is 9.53 Å². The normalized spacial score (nSPS) is 14.3. The zero-order valence-corrected chi connectivity index (χ0v) is 13.2. The molecule has 3 rings (SSSR count). The van der Waals surface area contributed by atoms with Crippen LogP contribution < -0.4 is 20.3 Å². The molecule has 2 aromatic carbocycles. The van der Waals surface area contributed by atoms with E-state index in [0.717, 1.165) is 42.2 Å². The van der Waals surface area contributed by atoms with Crippen molar-refractivity contribution >= 4 is 17.4 Å². The van der Waals surface area contributed by atoms with Crippen LogP contribution in [-0.2, 0) is 6.54 Å². The first-order valence-electron chi connectivity index (χ1n) is 7.78. The van der Waals surface area contributed by atoms with Gasteiger partial charge in [0.15, 0.2) is 0 Å². The van der Waals surface area contributed by atoms with Crippen LogP contribution in [-0.4, -0.2) is 26.2 Å². The van der Waals surface area contributed by atoms with Gasteiger partial charge in [-0.3, -0.25) is 4.90 Å². The molecule has 0 bridgehead atoms. The maximum Gasteiger partial charge on any atom is 0.321 e. The number of benzene rings is 2. The van der Waals surface area contributed by atoms with Crippen LogP contribution in [0.1, 0.15) is 12.0 Å². The molecule has 0 radical (unpaired) electrons. The molecule has 1 fully saturated rings. The maximum absolute atomic E-state index is 11.9. The number of hydrogen-bond donors (Lipinski definition) is 2. The molecule has 23 heavy (non-hydrogen) atoms. The van der Waals surface area contributed by atoms with E-state index in [-0.39, 0.29) is 6.03 Å². The van der Waals surface area contributed by atoms with E-state index in [1.807, 2.05) is 42.5 Å². The van der Waals surface area contributed by atoms with E-state index >= 15 is 0 Å². The number of carbonyl (C=O) groups is 1. The molecule has 0 unspecified atom stereocenters. The van der Waals surface area contributed by atoms with Gasteiger partial charge in [-0.1, -0.05) is 18.2 Å². The summed E-state index contributed by atoms with van der Waals surface area (Å²) < 4.78 is 5.24. The Kier molecular flexibility index (Phi) is 4.66. The highest BCUT2D eigenvalue weighted by molar-refractivity contribution is 5.93. The molecule has 2 amide bonds. The van der Waals surface area contributed by atoms with Crippen molar-refractivity contribution in [1.82, 2.24) is 5.32 Å². The van der Waals surface area contributed by atoms with Gasteiger partial charge in [0.05, 0.1) is 7.11 Å². The second kappa shape index (κ2) is 7.05. The Morgan fingerprint density at radius 1 is 1.22 bits per heavy atom. The highest BCUT2D eigenvalue weighted by atomic mass is 16.5. The first-order valence-corrected chi connectivity index (χ1v) is 7.78. The minimum atomic E-state index is -0.0267. The van der Waals surface area contributed by atoms with Crippen molar-refractivity contribution in [3.63, 3.8) is 0 Å². The fraction of sp³-hybridized carbons (Fsp3) is 0.278. The molecule has 1 saturated heterocycles. The summed E-state index contributed by atoms with van der Waals surface area (Å²) in [6.07, 6.45) is 0.965. The van der Waals surface area contributed by atoms with Crippen molar-refractivity contribution in [2.45, 2.75) is 13.0 Å². The highest BCUT2D eigenvalue weighted by Gasteiger charge is 2.19. The van der Waals surface area contributed by atoms with Crippen LogP contribution in [0.2, 0.25) is 0 Å². The number of nitrogens with zero attached hydrogens (tertiary/aromatic N) is 1. The molecule has 0 spiro atoms. The predicted octanol–water partition coefficient (Wildman–Crippen LogP) is 3.23. The first-order chi connectivity index (χ1) is 11.3. The van der Waals surface area contributed by atoms with Crippen LogP contribution in [0.5, 0.6) is 5.75 Å². The van der Waals surface area contributed by atoms with Crippen LogP contribution in [0.15, 0.2) is 48.5 Å². The van der Waals surface area contributed by atoms with Crippen LogP contribution in [0, 0.1) is 0 Å². The van der Waals surface area contributed by atoms with Gasteiger partial charge in [-0.2, -0.15) is 0 Å². The van der Waals surface area contributed by atoms with Gasteiger partial charge >= 0.3 is 6.03 Å². The summed E-state index contributed by atoms with van der Waals surface area (Å²) in [6, 6.07) is 15.9. The van der Waals surface area contributed by atoms with E-state index in [2.05, 4.69) is 16.7 Å². The zero-order chi connectivity index (χ0) is 16.1. The van der Waals surface area contributed by atoms with Crippen molar-refractivity contribution in [3.8, 4) is 5.75 Å². The Balaban J connectivity index is 1.68. The molecular weight excluding hydrogens is 290 g/mol. The number of urea groups is 1. The van der Waals surface area contributed by atoms with Crippen molar-refractivity contribution in [2.75, 3.05) is 30.4 Å². The lowest BCUT2D eigenvalue weighted by atomic mass is 10.2. The van der Waals surface area contributed by atoms with Gasteiger partial charge in [0, 0.05) is 31.0 Å². The summed E-state index contributed by atoms with van der Waals surface area (Å²) in [5, 5.41) is 6.27. The highest BCUT2D eigenvalue weighted by Crippen LogP contribution is 2.22.